The number of rotatable bonds is 2. The fourth-order valence-electron chi connectivity index (χ4n) is 4.61. The molecule has 1 aromatic carbocycles. The van der Waals surface area contributed by atoms with Crippen molar-refractivity contribution in [3.8, 4) is 0 Å². The molecule has 0 unspecified atom stereocenters. The number of aryl methyl sites for hydroxylation is 2. The summed E-state index contributed by atoms with van der Waals surface area (Å²) in [5.41, 5.74) is 7.39. The van der Waals surface area contributed by atoms with Crippen LogP contribution in [0.15, 0.2) is 47.7 Å². The minimum Gasteiger partial charge on any atom is -0.393 e. The van der Waals surface area contributed by atoms with Gasteiger partial charge in [-0.3, -0.25) is 0 Å². The first-order valence-electron chi connectivity index (χ1n) is 9.52. The van der Waals surface area contributed by atoms with Gasteiger partial charge in [-0.25, -0.2) is 0 Å². The van der Waals surface area contributed by atoms with E-state index in [9.17, 15) is 0 Å². The SMILES string of the molecule is CC1=CC(C)=[N+]2C1=C(c1ccc(C(C)C)cc1)c1c(C)cc(C)n1[B-]2(F)F. The number of nitrogens with zero attached hydrogens (tertiary/aromatic N) is 2. The smallest absolute Gasteiger partial charge is 0.393 e. The Morgan fingerprint density at radius 1 is 1.00 bits per heavy atom. The molecule has 2 nitrogen and oxygen atoms in total. The Morgan fingerprint density at radius 2 is 1.63 bits per heavy atom. The molecule has 0 amide bonds. The van der Waals surface area contributed by atoms with Crippen LogP contribution in [0.3, 0.4) is 0 Å². The number of hydrogen-bond donors (Lipinski definition) is 0. The molecule has 1 aromatic heterocycles. The number of halogens is 2. The van der Waals surface area contributed by atoms with Gasteiger partial charge in [0.05, 0.1) is 5.57 Å². The molecule has 5 heteroatoms. The molecule has 0 atom stereocenters. The predicted octanol–water partition coefficient (Wildman–Crippen LogP) is 5.66. The lowest BCUT2D eigenvalue weighted by Gasteiger charge is -2.34. The van der Waals surface area contributed by atoms with Gasteiger partial charge in [0.15, 0.2) is 5.70 Å². The number of aromatic nitrogens is 1. The number of benzene rings is 1. The first kappa shape index (κ1) is 18.0. The van der Waals surface area contributed by atoms with Crippen LogP contribution in [-0.4, -0.2) is 21.6 Å². The van der Waals surface area contributed by atoms with Gasteiger partial charge in [-0.15, -0.1) is 0 Å². The first-order valence-corrected chi connectivity index (χ1v) is 9.52. The highest BCUT2D eigenvalue weighted by Gasteiger charge is 2.55. The molecule has 0 bridgehead atoms. The lowest BCUT2D eigenvalue weighted by Crippen LogP contribution is -2.51. The van der Waals surface area contributed by atoms with Gasteiger partial charge in [0.2, 0.25) is 0 Å². The molecule has 0 saturated carbocycles. The van der Waals surface area contributed by atoms with Crippen molar-refractivity contribution in [2.75, 3.05) is 0 Å². The second kappa shape index (κ2) is 5.78. The second-order valence-electron chi connectivity index (χ2n) is 8.11. The topological polar surface area (TPSA) is 7.94 Å². The number of allylic oxidation sites excluding steroid dienone is 2. The minimum absolute atomic E-state index is 0.434. The molecule has 0 aliphatic carbocycles. The van der Waals surface area contributed by atoms with Gasteiger partial charge >= 0.3 is 6.97 Å². The maximum absolute atomic E-state index is 15.6. The summed E-state index contributed by atoms with van der Waals surface area (Å²) in [5, 5.41) is 0. The van der Waals surface area contributed by atoms with Gasteiger partial charge in [-0.05, 0) is 55.1 Å². The van der Waals surface area contributed by atoms with Gasteiger partial charge in [0, 0.05) is 24.3 Å². The average Bonchev–Trinajstić information content (AvgIpc) is 3.05. The van der Waals surface area contributed by atoms with Crippen molar-refractivity contribution >= 4 is 18.3 Å². The van der Waals surface area contributed by atoms with Crippen LogP contribution in [0, 0.1) is 13.8 Å². The van der Waals surface area contributed by atoms with Gasteiger partial charge in [-0.2, -0.15) is 0 Å². The van der Waals surface area contributed by atoms with E-state index < -0.39 is 6.97 Å². The van der Waals surface area contributed by atoms with Gasteiger partial charge < -0.3 is 17.6 Å². The summed E-state index contributed by atoms with van der Waals surface area (Å²) in [6, 6.07) is 10.2. The van der Waals surface area contributed by atoms with Crippen LogP contribution in [-0.2, 0) is 0 Å². The lowest BCUT2D eigenvalue weighted by atomic mass is 9.83. The van der Waals surface area contributed by atoms with Crippen LogP contribution in [0.2, 0.25) is 0 Å². The molecule has 0 saturated heterocycles. The van der Waals surface area contributed by atoms with E-state index in [2.05, 4.69) is 38.1 Å². The third kappa shape index (κ3) is 2.40. The van der Waals surface area contributed by atoms with Crippen LogP contribution in [0.25, 0.3) is 5.57 Å². The van der Waals surface area contributed by atoms with E-state index in [1.54, 1.807) is 13.8 Å². The van der Waals surface area contributed by atoms with Crippen molar-refractivity contribution in [3.05, 3.63) is 75.8 Å². The second-order valence-corrected chi connectivity index (χ2v) is 8.11. The highest BCUT2D eigenvalue weighted by Crippen LogP contribution is 2.44. The molecule has 27 heavy (non-hydrogen) atoms. The molecule has 2 aromatic rings. The normalized spacial score (nSPS) is 18.2. The van der Waals surface area contributed by atoms with Crippen LogP contribution < -0.4 is 0 Å². The van der Waals surface area contributed by atoms with Crippen LogP contribution >= 0.6 is 0 Å². The first-order chi connectivity index (χ1) is 12.6. The standard InChI is InChI=1S/C22H25BF2N2/c1-13(2)18-7-9-19(10-8-18)20-21-14(3)11-16(5)26(21)23(24,25)27-17(6)12-15(4)22(20)27/h7-13H,1-6H3. The van der Waals surface area contributed by atoms with Crippen molar-refractivity contribution in [1.29, 1.82) is 0 Å². The molecule has 2 aliphatic heterocycles. The Balaban J connectivity index is 2.08. The highest BCUT2D eigenvalue weighted by atomic mass is 19.2. The van der Waals surface area contributed by atoms with Crippen molar-refractivity contribution in [2.24, 2.45) is 0 Å². The quantitative estimate of drug-likeness (QED) is 0.607. The zero-order chi connectivity index (χ0) is 19.7. The monoisotopic (exact) mass is 366 g/mol. The largest absolute Gasteiger partial charge is 0.737 e. The molecule has 0 radical (unpaired) electrons. The molecule has 0 N–H and O–H groups in total. The summed E-state index contributed by atoms with van der Waals surface area (Å²) in [7, 11) is 0. The Hall–Kier alpha value is -2.43. The van der Waals surface area contributed by atoms with Crippen molar-refractivity contribution in [2.45, 2.75) is 47.5 Å². The fourth-order valence-corrected chi connectivity index (χ4v) is 4.61. The van der Waals surface area contributed by atoms with Crippen molar-refractivity contribution in [3.63, 3.8) is 0 Å². The summed E-state index contributed by atoms with van der Waals surface area (Å²) in [5.74, 6) is 0.434. The molecule has 2 aliphatic rings. The number of fused-ring (bicyclic) bond motifs is 2. The summed E-state index contributed by atoms with van der Waals surface area (Å²) in [6.07, 6.45) is 1.87. The van der Waals surface area contributed by atoms with E-state index in [1.807, 2.05) is 26.0 Å². The van der Waals surface area contributed by atoms with E-state index in [4.69, 9.17) is 0 Å². The Kier molecular flexibility index (Phi) is 3.85. The minimum atomic E-state index is -3.91. The molecular formula is C22H25BF2N2. The van der Waals surface area contributed by atoms with Crippen LogP contribution in [0.1, 0.15) is 61.7 Å². The zero-order valence-electron chi connectivity index (χ0n) is 16.8. The van der Waals surface area contributed by atoms with Crippen molar-refractivity contribution in [1.82, 2.24) is 4.48 Å². The van der Waals surface area contributed by atoms with Gasteiger partial charge in [0.25, 0.3) is 0 Å². The third-order valence-electron chi connectivity index (χ3n) is 5.80. The summed E-state index contributed by atoms with van der Waals surface area (Å²) < 4.78 is 33.6. The molecule has 4 rings (SSSR count). The maximum atomic E-state index is 15.6. The lowest BCUT2D eigenvalue weighted by molar-refractivity contribution is -0.363. The molecule has 140 valence electrons. The zero-order valence-corrected chi connectivity index (χ0v) is 16.8. The highest BCUT2D eigenvalue weighted by molar-refractivity contribution is 6.58. The molecule has 3 heterocycles. The van der Waals surface area contributed by atoms with Gasteiger partial charge in [0.1, 0.15) is 5.71 Å². The average molecular weight is 366 g/mol. The van der Waals surface area contributed by atoms with Crippen molar-refractivity contribution < 1.29 is 13.1 Å². The molecule has 0 fully saturated rings. The van der Waals surface area contributed by atoms with Crippen LogP contribution in [0.4, 0.5) is 8.63 Å². The van der Waals surface area contributed by atoms with E-state index >= 15 is 8.63 Å². The summed E-state index contributed by atoms with van der Waals surface area (Å²) >= 11 is 0. The number of hydrogen-bond acceptors (Lipinski definition) is 0. The predicted molar refractivity (Wildman–Crippen MR) is 109 cm³/mol. The van der Waals surface area contributed by atoms with E-state index in [-0.39, 0.29) is 0 Å². The van der Waals surface area contributed by atoms with E-state index in [0.29, 0.717) is 28.7 Å². The molecule has 0 spiro atoms. The Labute approximate surface area is 159 Å². The third-order valence-corrected chi connectivity index (χ3v) is 5.80. The van der Waals surface area contributed by atoms with E-state index in [1.165, 1.54) is 14.5 Å². The maximum Gasteiger partial charge on any atom is 0.737 e. The van der Waals surface area contributed by atoms with Gasteiger partial charge in [-0.1, -0.05) is 38.1 Å². The van der Waals surface area contributed by atoms with E-state index in [0.717, 1.165) is 22.3 Å². The fraction of sp³-hybridized carbons (Fsp3) is 0.318. The molecular weight excluding hydrogens is 341 g/mol. The van der Waals surface area contributed by atoms with Crippen LogP contribution in [0.5, 0.6) is 0 Å². The Bertz CT molecular complexity index is 1050. The Morgan fingerprint density at radius 3 is 2.22 bits per heavy atom. The summed E-state index contributed by atoms with van der Waals surface area (Å²) in [6.45, 7) is 7.79. The summed E-state index contributed by atoms with van der Waals surface area (Å²) in [4.78, 5) is 0.